The average Bonchev–Trinajstić information content (AvgIpc) is 3.51. The lowest BCUT2D eigenvalue weighted by Crippen LogP contribution is -2.33. The highest BCUT2D eigenvalue weighted by Gasteiger charge is 2.32. The molecule has 5 aromatic rings. The largest absolute Gasteiger partial charge is 0.492 e. The van der Waals surface area contributed by atoms with Gasteiger partial charge in [-0.05, 0) is 53.8 Å². The first-order valence-electron chi connectivity index (χ1n) is 12.3. The van der Waals surface area contributed by atoms with Gasteiger partial charge >= 0.3 is 0 Å². The van der Waals surface area contributed by atoms with Crippen LogP contribution in [0.1, 0.15) is 12.0 Å². The molecule has 0 amide bonds. The maximum Gasteiger partial charge on any atom is 0.257 e. The second-order valence-corrected chi connectivity index (χ2v) is 9.50. The summed E-state index contributed by atoms with van der Waals surface area (Å²) in [6.07, 6.45) is 1.17. The Bertz CT molecular complexity index is 1560. The summed E-state index contributed by atoms with van der Waals surface area (Å²) in [5.74, 6) is 0.820. The van der Waals surface area contributed by atoms with Crippen LogP contribution in [0.25, 0.3) is 33.1 Å². The van der Waals surface area contributed by atoms with Gasteiger partial charge in [-0.2, -0.15) is 0 Å². The Morgan fingerprint density at radius 2 is 1.69 bits per heavy atom. The number of methoxy groups -OCH3 is 1. The molecule has 2 atom stereocenters. The van der Waals surface area contributed by atoms with Crippen molar-refractivity contribution in [3.63, 3.8) is 0 Å². The molecule has 2 N–H and O–H groups in total. The molecule has 6 nitrogen and oxygen atoms in total. The van der Waals surface area contributed by atoms with E-state index in [9.17, 15) is 4.79 Å². The van der Waals surface area contributed by atoms with Gasteiger partial charge in [0.15, 0.2) is 0 Å². The summed E-state index contributed by atoms with van der Waals surface area (Å²) in [4.78, 5) is 21.5. The molecule has 6 heteroatoms. The number of hydrogen-bond donors (Lipinski definition) is 2. The van der Waals surface area contributed by atoms with Crippen LogP contribution in [0.3, 0.4) is 0 Å². The Balaban J connectivity index is 1.20. The Kier molecular flexibility index (Phi) is 6.05. The second kappa shape index (κ2) is 9.64. The van der Waals surface area contributed by atoms with Gasteiger partial charge in [-0.25, -0.2) is 0 Å². The van der Waals surface area contributed by atoms with E-state index in [0.29, 0.717) is 12.2 Å². The van der Waals surface area contributed by atoms with Crippen molar-refractivity contribution in [3.05, 3.63) is 101 Å². The molecule has 36 heavy (non-hydrogen) atoms. The smallest absolute Gasteiger partial charge is 0.257 e. The van der Waals surface area contributed by atoms with E-state index in [0.717, 1.165) is 52.8 Å². The number of rotatable bonds is 7. The van der Waals surface area contributed by atoms with Crippen molar-refractivity contribution < 1.29 is 9.47 Å². The SMILES string of the molecule is CO[C@@H]1C[C@@H](COc2ccc3[nH]c(-c4cc5ccccc5[nH]c4=O)cc3c2)N(Cc2ccccc2)C1. The number of aromatic amines is 2. The molecule has 2 aromatic heterocycles. The van der Waals surface area contributed by atoms with E-state index in [1.54, 1.807) is 7.11 Å². The second-order valence-electron chi connectivity index (χ2n) is 9.50. The number of benzene rings is 3. The van der Waals surface area contributed by atoms with Gasteiger partial charge in [0, 0.05) is 42.7 Å². The predicted octanol–water partition coefficient (Wildman–Crippen LogP) is 5.34. The number of likely N-dealkylation sites (tertiary alicyclic amines) is 1. The minimum atomic E-state index is -0.107. The minimum absolute atomic E-state index is 0.107. The number of fused-ring (bicyclic) bond motifs is 2. The Hall–Kier alpha value is -3.87. The highest BCUT2D eigenvalue weighted by Crippen LogP contribution is 2.28. The van der Waals surface area contributed by atoms with Crippen molar-refractivity contribution in [3.8, 4) is 17.0 Å². The van der Waals surface area contributed by atoms with Gasteiger partial charge < -0.3 is 19.4 Å². The third-order valence-corrected chi connectivity index (χ3v) is 7.13. The van der Waals surface area contributed by atoms with Crippen LogP contribution in [-0.2, 0) is 11.3 Å². The van der Waals surface area contributed by atoms with Crippen molar-refractivity contribution >= 4 is 21.8 Å². The number of hydrogen-bond acceptors (Lipinski definition) is 4. The summed E-state index contributed by atoms with van der Waals surface area (Å²) < 4.78 is 11.9. The van der Waals surface area contributed by atoms with Gasteiger partial charge in [-0.3, -0.25) is 9.69 Å². The molecule has 6 rings (SSSR count). The summed E-state index contributed by atoms with van der Waals surface area (Å²) in [5, 5.41) is 2.01. The zero-order valence-corrected chi connectivity index (χ0v) is 20.2. The summed E-state index contributed by atoms with van der Waals surface area (Å²) in [6, 6.07) is 28.6. The van der Waals surface area contributed by atoms with Crippen LogP contribution in [-0.4, -0.2) is 47.3 Å². The molecule has 1 aliphatic heterocycles. The maximum absolute atomic E-state index is 12.7. The third-order valence-electron chi connectivity index (χ3n) is 7.13. The van der Waals surface area contributed by atoms with Crippen molar-refractivity contribution in [2.45, 2.75) is 25.1 Å². The number of aromatic nitrogens is 2. The van der Waals surface area contributed by atoms with E-state index in [4.69, 9.17) is 9.47 Å². The van der Waals surface area contributed by atoms with E-state index in [2.05, 4.69) is 39.1 Å². The fraction of sp³-hybridized carbons (Fsp3) is 0.233. The standard InChI is InChI=1S/C30H29N3O3/c1-35-25-16-23(33(18-25)17-20-7-3-2-4-8-20)19-36-24-11-12-28-22(13-24)15-29(31-28)26-14-21-9-5-6-10-27(21)32-30(26)34/h2-15,23,25,31H,16-19H2,1H3,(H,32,34)/t23-,25+/m0/s1. The number of ether oxygens (including phenoxy) is 2. The number of pyridine rings is 1. The molecule has 1 fully saturated rings. The summed E-state index contributed by atoms with van der Waals surface area (Å²) in [5.41, 5.74) is 4.41. The monoisotopic (exact) mass is 479 g/mol. The molecule has 0 bridgehead atoms. The van der Waals surface area contributed by atoms with Crippen LogP contribution in [0.5, 0.6) is 5.75 Å². The zero-order valence-electron chi connectivity index (χ0n) is 20.2. The van der Waals surface area contributed by atoms with Crippen molar-refractivity contribution in [1.82, 2.24) is 14.9 Å². The van der Waals surface area contributed by atoms with Crippen LogP contribution >= 0.6 is 0 Å². The number of nitrogens with zero attached hydrogens (tertiary/aromatic N) is 1. The van der Waals surface area contributed by atoms with E-state index < -0.39 is 0 Å². The first-order valence-corrected chi connectivity index (χ1v) is 12.3. The van der Waals surface area contributed by atoms with Gasteiger partial charge in [0.1, 0.15) is 12.4 Å². The Morgan fingerprint density at radius 3 is 2.56 bits per heavy atom. The van der Waals surface area contributed by atoms with Crippen LogP contribution in [0, 0.1) is 0 Å². The fourth-order valence-corrected chi connectivity index (χ4v) is 5.18. The topological polar surface area (TPSA) is 70.3 Å². The Labute approximate surface area is 209 Å². The van der Waals surface area contributed by atoms with Gasteiger partial charge in [0.05, 0.1) is 17.4 Å². The molecule has 0 radical (unpaired) electrons. The van der Waals surface area contributed by atoms with E-state index in [1.807, 2.05) is 60.7 Å². The molecule has 1 aliphatic rings. The quantitative estimate of drug-likeness (QED) is 0.330. The molecule has 3 aromatic carbocycles. The van der Waals surface area contributed by atoms with Crippen molar-refractivity contribution in [2.24, 2.45) is 0 Å². The Morgan fingerprint density at radius 1 is 0.889 bits per heavy atom. The highest BCUT2D eigenvalue weighted by molar-refractivity contribution is 5.89. The molecule has 0 spiro atoms. The molecule has 182 valence electrons. The molecule has 1 saturated heterocycles. The average molecular weight is 480 g/mol. The van der Waals surface area contributed by atoms with E-state index in [-0.39, 0.29) is 17.7 Å². The van der Waals surface area contributed by atoms with Crippen molar-refractivity contribution in [2.75, 3.05) is 20.3 Å². The third kappa shape index (κ3) is 4.53. The predicted molar refractivity (Wildman–Crippen MR) is 143 cm³/mol. The van der Waals surface area contributed by atoms with Gasteiger partial charge in [0.2, 0.25) is 0 Å². The zero-order chi connectivity index (χ0) is 24.5. The normalized spacial score (nSPS) is 18.2. The summed E-state index contributed by atoms with van der Waals surface area (Å²) >= 11 is 0. The molecule has 0 aliphatic carbocycles. The van der Waals surface area contributed by atoms with Crippen LogP contribution in [0.2, 0.25) is 0 Å². The lowest BCUT2D eigenvalue weighted by Gasteiger charge is -2.24. The lowest BCUT2D eigenvalue weighted by atomic mass is 10.1. The number of H-pyrrole nitrogens is 2. The summed E-state index contributed by atoms with van der Waals surface area (Å²) in [6.45, 7) is 2.38. The van der Waals surface area contributed by atoms with E-state index in [1.165, 1.54) is 5.56 Å². The molecular weight excluding hydrogens is 450 g/mol. The highest BCUT2D eigenvalue weighted by atomic mass is 16.5. The molecular formula is C30H29N3O3. The van der Waals surface area contributed by atoms with E-state index >= 15 is 0 Å². The minimum Gasteiger partial charge on any atom is -0.492 e. The molecule has 0 saturated carbocycles. The summed E-state index contributed by atoms with van der Waals surface area (Å²) in [7, 11) is 1.78. The first kappa shape index (κ1) is 22.6. The fourth-order valence-electron chi connectivity index (χ4n) is 5.18. The van der Waals surface area contributed by atoms with Crippen LogP contribution in [0.15, 0.2) is 89.7 Å². The first-order chi connectivity index (χ1) is 17.7. The van der Waals surface area contributed by atoms with Crippen LogP contribution in [0.4, 0.5) is 0 Å². The number of para-hydroxylation sites is 1. The van der Waals surface area contributed by atoms with Crippen molar-refractivity contribution in [1.29, 1.82) is 0 Å². The van der Waals surface area contributed by atoms with Gasteiger partial charge in [-0.15, -0.1) is 0 Å². The molecule has 0 unspecified atom stereocenters. The van der Waals surface area contributed by atoms with Gasteiger partial charge in [0.25, 0.3) is 5.56 Å². The lowest BCUT2D eigenvalue weighted by molar-refractivity contribution is 0.107. The number of nitrogens with one attached hydrogen (secondary N) is 2. The maximum atomic E-state index is 12.7. The molecule has 3 heterocycles. The van der Waals surface area contributed by atoms with Gasteiger partial charge in [-0.1, -0.05) is 48.5 Å². The van der Waals surface area contributed by atoms with Crippen LogP contribution < -0.4 is 10.3 Å².